The molecule has 1 nitrogen and oxygen atoms in total. The van der Waals surface area contributed by atoms with Crippen LogP contribution in [0.4, 0.5) is 5.69 Å². The summed E-state index contributed by atoms with van der Waals surface area (Å²) in [5.74, 6) is 0. The maximum absolute atomic E-state index is 3.58. The number of benzene rings is 2. The van der Waals surface area contributed by atoms with Crippen LogP contribution >= 0.6 is 47.8 Å². The SMILES string of the molecule is CC(Nc1cc(Br)ccc1Br)c1ccccc1Br. The third-order valence-corrected chi connectivity index (χ3v) is 4.58. The Hall–Kier alpha value is -0.320. The molecule has 0 heterocycles. The van der Waals surface area contributed by atoms with Crippen LogP contribution in [0, 0.1) is 0 Å². The highest BCUT2D eigenvalue weighted by atomic mass is 79.9. The number of anilines is 1. The maximum atomic E-state index is 3.58. The van der Waals surface area contributed by atoms with Crippen molar-refractivity contribution in [1.82, 2.24) is 0 Å². The van der Waals surface area contributed by atoms with Crippen molar-refractivity contribution in [2.45, 2.75) is 13.0 Å². The molecule has 0 aliphatic heterocycles. The van der Waals surface area contributed by atoms with Gasteiger partial charge in [-0.15, -0.1) is 0 Å². The summed E-state index contributed by atoms with van der Waals surface area (Å²) in [5, 5.41) is 3.50. The van der Waals surface area contributed by atoms with Crippen LogP contribution in [0.5, 0.6) is 0 Å². The smallest absolute Gasteiger partial charge is 0.0500 e. The lowest BCUT2D eigenvalue weighted by atomic mass is 10.1. The first kappa shape index (κ1) is 14.1. The first-order valence-electron chi connectivity index (χ1n) is 5.54. The second-order valence-corrected chi connectivity index (χ2v) is 6.64. The van der Waals surface area contributed by atoms with E-state index in [1.54, 1.807) is 0 Å². The van der Waals surface area contributed by atoms with Gasteiger partial charge in [0, 0.05) is 19.5 Å². The predicted molar refractivity (Wildman–Crippen MR) is 88.0 cm³/mol. The second kappa shape index (κ2) is 6.22. The first-order valence-corrected chi connectivity index (χ1v) is 7.92. The molecule has 0 bridgehead atoms. The Bertz CT molecular complexity index is 554. The van der Waals surface area contributed by atoms with Crippen molar-refractivity contribution in [2.24, 2.45) is 0 Å². The average molecular weight is 434 g/mol. The molecule has 0 radical (unpaired) electrons. The van der Waals surface area contributed by atoms with Gasteiger partial charge >= 0.3 is 0 Å². The van der Waals surface area contributed by atoms with E-state index in [9.17, 15) is 0 Å². The standard InChI is InChI=1S/C14H12Br3N/c1-9(11-4-2-3-5-12(11)16)18-14-8-10(15)6-7-13(14)17/h2-9,18H,1H3. The monoisotopic (exact) mass is 431 g/mol. The molecule has 2 rings (SSSR count). The van der Waals surface area contributed by atoms with Gasteiger partial charge in [0.15, 0.2) is 0 Å². The van der Waals surface area contributed by atoms with Gasteiger partial charge in [0.1, 0.15) is 0 Å². The highest BCUT2D eigenvalue weighted by molar-refractivity contribution is 9.11. The number of hydrogen-bond donors (Lipinski definition) is 1. The molecule has 1 unspecified atom stereocenters. The minimum Gasteiger partial charge on any atom is -0.378 e. The Labute approximate surface area is 132 Å². The molecule has 2 aromatic rings. The zero-order chi connectivity index (χ0) is 13.1. The van der Waals surface area contributed by atoms with E-state index in [0.717, 1.165) is 19.1 Å². The summed E-state index contributed by atoms with van der Waals surface area (Å²) in [7, 11) is 0. The van der Waals surface area contributed by atoms with Gasteiger partial charge in [-0.3, -0.25) is 0 Å². The summed E-state index contributed by atoms with van der Waals surface area (Å²) in [5.41, 5.74) is 2.32. The molecule has 4 heteroatoms. The van der Waals surface area contributed by atoms with E-state index in [1.165, 1.54) is 5.56 Å². The van der Waals surface area contributed by atoms with Gasteiger partial charge < -0.3 is 5.32 Å². The van der Waals surface area contributed by atoms with Gasteiger partial charge in [0.25, 0.3) is 0 Å². The van der Waals surface area contributed by atoms with Crippen LogP contribution in [0.1, 0.15) is 18.5 Å². The van der Waals surface area contributed by atoms with E-state index in [-0.39, 0.29) is 6.04 Å². The highest BCUT2D eigenvalue weighted by Crippen LogP contribution is 2.31. The van der Waals surface area contributed by atoms with Crippen LogP contribution in [0.15, 0.2) is 55.9 Å². The minimum absolute atomic E-state index is 0.228. The van der Waals surface area contributed by atoms with Crippen molar-refractivity contribution in [1.29, 1.82) is 0 Å². The van der Waals surface area contributed by atoms with Crippen molar-refractivity contribution < 1.29 is 0 Å². The van der Waals surface area contributed by atoms with E-state index < -0.39 is 0 Å². The number of hydrogen-bond acceptors (Lipinski definition) is 1. The summed E-state index contributed by atoms with van der Waals surface area (Å²) in [6.07, 6.45) is 0. The maximum Gasteiger partial charge on any atom is 0.0500 e. The highest BCUT2D eigenvalue weighted by Gasteiger charge is 2.10. The first-order chi connectivity index (χ1) is 8.58. The van der Waals surface area contributed by atoms with E-state index in [4.69, 9.17) is 0 Å². The van der Waals surface area contributed by atoms with Crippen LogP contribution in [0.2, 0.25) is 0 Å². The normalized spacial score (nSPS) is 12.2. The van der Waals surface area contributed by atoms with Gasteiger partial charge in [0.2, 0.25) is 0 Å². The summed E-state index contributed by atoms with van der Waals surface area (Å²) in [6, 6.07) is 14.6. The van der Waals surface area contributed by atoms with Crippen LogP contribution in [-0.4, -0.2) is 0 Å². The molecule has 94 valence electrons. The quantitative estimate of drug-likeness (QED) is 0.612. The molecule has 0 fully saturated rings. The van der Waals surface area contributed by atoms with Gasteiger partial charge in [0.05, 0.1) is 5.69 Å². The Balaban J connectivity index is 2.24. The molecule has 0 spiro atoms. The van der Waals surface area contributed by atoms with Crippen molar-refractivity contribution in [3.05, 3.63) is 61.4 Å². The van der Waals surface area contributed by atoms with E-state index in [0.29, 0.717) is 0 Å². The second-order valence-electron chi connectivity index (χ2n) is 4.01. The fourth-order valence-corrected chi connectivity index (χ4v) is 3.10. The van der Waals surface area contributed by atoms with Crippen LogP contribution in [0.3, 0.4) is 0 Å². The Morgan fingerprint density at radius 3 is 2.39 bits per heavy atom. The van der Waals surface area contributed by atoms with Crippen molar-refractivity contribution in [3.8, 4) is 0 Å². The fraction of sp³-hybridized carbons (Fsp3) is 0.143. The number of halogens is 3. The van der Waals surface area contributed by atoms with Crippen molar-refractivity contribution in [3.63, 3.8) is 0 Å². The molecule has 0 aromatic heterocycles. The molecule has 1 N–H and O–H groups in total. The summed E-state index contributed by atoms with van der Waals surface area (Å²) >= 11 is 10.6. The van der Waals surface area contributed by atoms with Gasteiger partial charge in [-0.1, -0.05) is 50.1 Å². The molecule has 0 saturated heterocycles. The lowest BCUT2D eigenvalue weighted by molar-refractivity contribution is 0.877. The average Bonchev–Trinajstić information content (AvgIpc) is 2.34. The molecule has 0 amide bonds. The zero-order valence-electron chi connectivity index (χ0n) is 9.75. The van der Waals surface area contributed by atoms with Gasteiger partial charge in [-0.05, 0) is 52.7 Å². The van der Waals surface area contributed by atoms with E-state index in [1.807, 2.05) is 24.3 Å². The molecular weight excluding hydrogens is 422 g/mol. The lowest BCUT2D eigenvalue weighted by Gasteiger charge is -2.18. The largest absolute Gasteiger partial charge is 0.378 e. The summed E-state index contributed by atoms with van der Waals surface area (Å²) < 4.78 is 3.24. The third kappa shape index (κ3) is 3.37. The molecule has 0 aliphatic rings. The Morgan fingerprint density at radius 1 is 0.944 bits per heavy atom. The van der Waals surface area contributed by atoms with E-state index >= 15 is 0 Å². The van der Waals surface area contributed by atoms with Crippen LogP contribution in [-0.2, 0) is 0 Å². The van der Waals surface area contributed by atoms with Crippen LogP contribution < -0.4 is 5.32 Å². The Morgan fingerprint density at radius 2 is 1.67 bits per heavy atom. The number of nitrogens with one attached hydrogen (secondary N) is 1. The summed E-state index contributed by atoms with van der Waals surface area (Å²) in [4.78, 5) is 0. The van der Waals surface area contributed by atoms with Crippen molar-refractivity contribution in [2.75, 3.05) is 5.32 Å². The zero-order valence-corrected chi connectivity index (χ0v) is 14.5. The minimum atomic E-state index is 0.228. The van der Waals surface area contributed by atoms with Gasteiger partial charge in [-0.2, -0.15) is 0 Å². The molecule has 0 saturated carbocycles. The summed E-state index contributed by atoms with van der Waals surface area (Å²) in [6.45, 7) is 2.15. The fourth-order valence-electron chi connectivity index (χ4n) is 1.75. The molecular formula is C14H12Br3N. The van der Waals surface area contributed by atoms with Gasteiger partial charge in [-0.25, -0.2) is 0 Å². The topological polar surface area (TPSA) is 12.0 Å². The molecule has 1 atom stereocenters. The molecule has 0 aliphatic carbocycles. The number of rotatable bonds is 3. The predicted octanol–water partition coefficient (Wildman–Crippen LogP) is 6.15. The Kier molecular flexibility index (Phi) is 4.87. The van der Waals surface area contributed by atoms with E-state index in [2.05, 4.69) is 78.2 Å². The van der Waals surface area contributed by atoms with Crippen LogP contribution in [0.25, 0.3) is 0 Å². The molecule has 18 heavy (non-hydrogen) atoms. The van der Waals surface area contributed by atoms with Crippen molar-refractivity contribution >= 4 is 53.5 Å². The molecule has 2 aromatic carbocycles. The third-order valence-electron chi connectivity index (χ3n) is 2.67. The lowest BCUT2D eigenvalue weighted by Crippen LogP contribution is -2.07.